The van der Waals surface area contributed by atoms with Crippen molar-refractivity contribution >= 4 is 16.9 Å². The summed E-state index contributed by atoms with van der Waals surface area (Å²) in [4.78, 5) is 4.79. The van der Waals surface area contributed by atoms with E-state index in [-0.39, 0.29) is 0 Å². The van der Waals surface area contributed by atoms with E-state index in [1.807, 2.05) is 34.9 Å². The number of aliphatic imine (C=N–C) groups is 1. The molecule has 0 fully saturated rings. The lowest BCUT2D eigenvalue weighted by Crippen LogP contribution is -2.37. The summed E-state index contributed by atoms with van der Waals surface area (Å²) in [7, 11) is 0. The lowest BCUT2D eigenvalue weighted by Gasteiger charge is -2.25. The van der Waals surface area contributed by atoms with Crippen molar-refractivity contribution in [2.45, 2.75) is 45.8 Å². The Morgan fingerprint density at radius 1 is 1.50 bits per heavy atom. The molecule has 0 aromatic carbocycles. The predicted molar refractivity (Wildman–Crippen MR) is 78.0 cm³/mol. The number of nitrogens with one attached hydrogen (secondary N) is 1. The molecule has 0 saturated heterocycles. The zero-order chi connectivity index (χ0) is 13.0. The molecule has 0 spiro atoms. The van der Waals surface area contributed by atoms with Gasteiger partial charge in [0.2, 0.25) is 0 Å². The molecule has 100 valence electrons. The Balaban J connectivity index is 1.88. The first-order valence-electron chi connectivity index (χ1n) is 6.59. The summed E-state index contributed by atoms with van der Waals surface area (Å²) in [6.45, 7) is 7.53. The van der Waals surface area contributed by atoms with Crippen molar-refractivity contribution in [2.24, 2.45) is 10.9 Å². The van der Waals surface area contributed by atoms with Crippen LogP contribution in [0.4, 0.5) is 0 Å². The maximum Gasteiger partial charge on any atom is 0.157 e. The fourth-order valence-corrected chi connectivity index (χ4v) is 3.08. The average Bonchev–Trinajstić information content (AvgIpc) is 2.82. The van der Waals surface area contributed by atoms with Gasteiger partial charge in [-0.3, -0.25) is 9.67 Å². The smallest absolute Gasteiger partial charge is 0.157 e. The van der Waals surface area contributed by atoms with Crippen LogP contribution in [0, 0.1) is 5.92 Å². The van der Waals surface area contributed by atoms with E-state index < -0.39 is 0 Å². The fraction of sp³-hybridized carbons (Fsp3) is 0.692. The van der Waals surface area contributed by atoms with Crippen molar-refractivity contribution in [3.63, 3.8) is 0 Å². The van der Waals surface area contributed by atoms with E-state index in [1.165, 1.54) is 12.2 Å². The molecule has 1 aromatic heterocycles. The molecule has 0 aliphatic carbocycles. The van der Waals surface area contributed by atoms with Crippen molar-refractivity contribution in [2.75, 3.05) is 5.75 Å². The van der Waals surface area contributed by atoms with E-state index >= 15 is 0 Å². The maximum absolute atomic E-state index is 4.79. The van der Waals surface area contributed by atoms with Crippen molar-refractivity contribution in [1.82, 2.24) is 15.1 Å². The number of amidine groups is 1. The second-order valence-corrected chi connectivity index (χ2v) is 6.24. The lowest BCUT2D eigenvalue weighted by atomic mass is 10.0. The van der Waals surface area contributed by atoms with Crippen LogP contribution in [-0.2, 0) is 6.54 Å². The van der Waals surface area contributed by atoms with Gasteiger partial charge >= 0.3 is 0 Å². The van der Waals surface area contributed by atoms with Crippen molar-refractivity contribution in [1.29, 1.82) is 0 Å². The van der Waals surface area contributed by atoms with Crippen LogP contribution in [-0.4, -0.2) is 32.8 Å². The summed E-state index contributed by atoms with van der Waals surface area (Å²) in [5.41, 5.74) is 0. The molecule has 1 aliphatic rings. The minimum Gasteiger partial charge on any atom is -0.361 e. The summed E-state index contributed by atoms with van der Waals surface area (Å²) < 4.78 is 1.95. The van der Waals surface area contributed by atoms with Gasteiger partial charge in [-0.25, -0.2) is 0 Å². The molecular weight excluding hydrogens is 244 g/mol. The molecule has 18 heavy (non-hydrogen) atoms. The van der Waals surface area contributed by atoms with E-state index in [0.29, 0.717) is 18.0 Å². The zero-order valence-electron chi connectivity index (χ0n) is 11.3. The van der Waals surface area contributed by atoms with Gasteiger partial charge in [0.1, 0.15) is 0 Å². The zero-order valence-corrected chi connectivity index (χ0v) is 12.2. The third kappa shape index (κ3) is 3.77. The molecule has 2 atom stereocenters. The van der Waals surface area contributed by atoms with Gasteiger partial charge in [0.25, 0.3) is 0 Å². The number of rotatable bonds is 4. The lowest BCUT2D eigenvalue weighted by molar-refractivity contribution is 0.474. The van der Waals surface area contributed by atoms with Gasteiger partial charge in [-0.15, -0.1) is 0 Å². The highest BCUT2D eigenvalue weighted by Crippen LogP contribution is 2.21. The second-order valence-electron chi connectivity index (χ2n) is 5.16. The molecule has 4 nitrogen and oxygen atoms in total. The van der Waals surface area contributed by atoms with E-state index in [1.54, 1.807) is 0 Å². The first kappa shape index (κ1) is 13.5. The highest BCUT2D eigenvalue weighted by atomic mass is 32.2. The first-order chi connectivity index (χ1) is 8.65. The normalized spacial score (nSPS) is 21.8. The number of hydrogen-bond donors (Lipinski definition) is 1. The number of nitrogens with zero attached hydrogens (tertiary/aromatic N) is 3. The number of thioether (sulfide) groups is 1. The van der Waals surface area contributed by atoms with Crippen LogP contribution < -0.4 is 5.32 Å². The summed E-state index contributed by atoms with van der Waals surface area (Å²) >= 11 is 1.83. The Kier molecular flexibility index (Phi) is 4.69. The molecule has 5 heteroatoms. The molecule has 2 heterocycles. The Hall–Kier alpha value is -0.970. The maximum atomic E-state index is 4.79. The van der Waals surface area contributed by atoms with Crippen LogP contribution in [0.5, 0.6) is 0 Å². The van der Waals surface area contributed by atoms with E-state index in [9.17, 15) is 0 Å². The molecule has 1 aromatic rings. The van der Waals surface area contributed by atoms with E-state index in [2.05, 4.69) is 31.2 Å². The van der Waals surface area contributed by atoms with E-state index in [0.717, 1.165) is 11.7 Å². The molecule has 1 N–H and O–H groups in total. The van der Waals surface area contributed by atoms with Gasteiger partial charge in [0.15, 0.2) is 5.17 Å². The monoisotopic (exact) mass is 266 g/mol. The third-order valence-electron chi connectivity index (χ3n) is 3.10. The van der Waals surface area contributed by atoms with Crippen LogP contribution in [0.3, 0.4) is 0 Å². The summed E-state index contributed by atoms with van der Waals surface area (Å²) in [5, 5.41) is 8.81. The molecular formula is C13H22N4S. The van der Waals surface area contributed by atoms with Gasteiger partial charge < -0.3 is 5.32 Å². The molecule has 2 rings (SSSR count). The van der Waals surface area contributed by atoms with Crippen molar-refractivity contribution in [3.05, 3.63) is 18.5 Å². The van der Waals surface area contributed by atoms with Crippen LogP contribution in [0.1, 0.15) is 27.2 Å². The Labute approximate surface area is 113 Å². The fourth-order valence-electron chi connectivity index (χ4n) is 2.04. The molecule has 0 saturated carbocycles. The second kappa shape index (κ2) is 6.27. The first-order valence-corrected chi connectivity index (χ1v) is 7.58. The van der Waals surface area contributed by atoms with Crippen LogP contribution >= 0.6 is 11.8 Å². The van der Waals surface area contributed by atoms with Gasteiger partial charge in [0.05, 0.1) is 12.6 Å². The van der Waals surface area contributed by atoms with Gasteiger partial charge in [0, 0.05) is 24.2 Å². The minimum atomic E-state index is 0.349. The van der Waals surface area contributed by atoms with Crippen LogP contribution in [0.25, 0.3) is 0 Å². The highest BCUT2D eigenvalue weighted by Gasteiger charge is 2.19. The summed E-state index contributed by atoms with van der Waals surface area (Å²) in [6, 6.07) is 2.78. The molecule has 0 amide bonds. The average molecular weight is 266 g/mol. The summed E-state index contributed by atoms with van der Waals surface area (Å²) in [5.74, 6) is 1.80. The topological polar surface area (TPSA) is 42.2 Å². The molecule has 1 aliphatic heterocycles. The third-order valence-corrected chi connectivity index (χ3v) is 4.03. The molecule has 0 bridgehead atoms. The Bertz CT molecular complexity index is 386. The molecule has 2 unspecified atom stereocenters. The number of aromatic nitrogens is 2. The van der Waals surface area contributed by atoms with Crippen LogP contribution in [0.2, 0.25) is 0 Å². The van der Waals surface area contributed by atoms with Gasteiger partial charge in [-0.05, 0) is 25.3 Å². The van der Waals surface area contributed by atoms with Crippen molar-refractivity contribution < 1.29 is 0 Å². The standard InChI is InChI=1S/C13H22N4S/c1-10(2)12-5-8-18-13(16-12)15-11(3)9-17-7-4-6-14-17/h4,6-7,10-12H,5,8-9H2,1-3H3,(H,15,16). The SMILES string of the molecule is CC(Cn1cccn1)NC1=NC(C(C)C)CCS1. The van der Waals surface area contributed by atoms with Crippen molar-refractivity contribution in [3.8, 4) is 0 Å². The number of hydrogen-bond acceptors (Lipinski definition) is 4. The van der Waals surface area contributed by atoms with Gasteiger partial charge in [-0.2, -0.15) is 5.10 Å². The summed E-state index contributed by atoms with van der Waals surface area (Å²) in [6.07, 6.45) is 5.00. The Morgan fingerprint density at radius 3 is 3.00 bits per heavy atom. The predicted octanol–water partition coefficient (Wildman–Crippen LogP) is 2.38. The Morgan fingerprint density at radius 2 is 2.33 bits per heavy atom. The molecule has 0 radical (unpaired) electrons. The van der Waals surface area contributed by atoms with Gasteiger partial charge in [-0.1, -0.05) is 25.6 Å². The largest absolute Gasteiger partial charge is 0.361 e. The van der Waals surface area contributed by atoms with Crippen LogP contribution in [0.15, 0.2) is 23.5 Å². The van der Waals surface area contributed by atoms with E-state index in [4.69, 9.17) is 4.99 Å². The quantitative estimate of drug-likeness (QED) is 0.910. The highest BCUT2D eigenvalue weighted by molar-refractivity contribution is 8.13. The minimum absolute atomic E-state index is 0.349.